The summed E-state index contributed by atoms with van der Waals surface area (Å²) in [5, 5.41) is 19.6. The predicted molar refractivity (Wildman–Crippen MR) is 67.5 cm³/mol. The largest absolute Gasteiger partial charge is 0.308 e. The van der Waals surface area contributed by atoms with Crippen LogP contribution < -0.4 is 11.3 Å². The minimum absolute atomic E-state index is 0.0909. The molecule has 0 amide bonds. The lowest BCUT2D eigenvalue weighted by Gasteiger charge is -2.02. The van der Waals surface area contributed by atoms with E-state index in [9.17, 15) is 10.1 Å². The molecule has 0 bridgehead atoms. The molecule has 0 aliphatic carbocycles. The molecule has 0 radical (unpaired) electrons. The average molecular weight is 284 g/mol. The fourth-order valence-electron chi connectivity index (χ4n) is 1.13. The van der Waals surface area contributed by atoms with E-state index in [2.05, 4.69) is 20.6 Å². The third kappa shape index (κ3) is 2.72. The maximum absolute atomic E-state index is 10.9. The van der Waals surface area contributed by atoms with Crippen molar-refractivity contribution in [1.82, 2.24) is 15.2 Å². The second-order valence-electron chi connectivity index (χ2n) is 3.11. The molecule has 3 N–H and O–H groups in total. The van der Waals surface area contributed by atoms with Crippen molar-refractivity contribution in [1.29, 1.82) is 0 Å². The van der Waals surface area contributed by atoms with Crippen LogP contribution in [0.2, 0.25) is 0 Å². The van der Waals surface area contributed by atoms with Crippen LogP contribution in [0.1, 0.15) is 5.01 Å². The Kier molecular flexibility index (Phi) is 3.69. The van der Waals surface area contributed by atoms with Gasteiger partial charge in [0.05, 0.1) is 4.92 Å². The summed E-state index contributed by atoms with van der Waals surface area (Å²) in [6.45, 7) is 1.81. The van der Waals surface area contributed by atoms with Gasteiger partial charge >= 0.3 is 5.69 Å². The quantitative estimate of drug-likeness (QED) is 0.493. The summed E-state index contributed by atoms with van der Waals surface area (Å²) in [4.78, 5) is 14.4. The van der Waals surface area contributed by atoms with E-state index in [0.717, 1.165) is 16.8 Å². The van der Waals surface area contributed by atoms with Crippen molar-refractivity contribution >= 4 is 34.6 Å². The first-order chi connectivity index (χ1) is 8.60. The second-order valence-corrected chi connectivity index (χ2v) is 5.53. The van der Waals surface area contributed by atoms with Crippen molar-refractivity contribution in [2.24, 2.45) is 5.84 Å². The molecule has 0 atom stereocenters. The predicted octanol–water partition coefficient (Wildman–Crippen LogP) is 1.59. The molecule has 2 aromatic heterocycles. The zero-order chi connectivity index (χ0) is 13.1. The summed E-state index contributed by atoms with van der Waals surface area (Å²) in [5.41, 5.74) is 2.25. The maximum Gasteiger partial charge on any atom is 0.301 e. The van der Waals surface area contributed by atoms with Crippen LogP contribution in [0.4, 0.5) is 11.5 Å². The number of nitrogens with one attached hydrogen (secondary N) is 1. The molecule has 0 fully saturated rings. The van der Waals surface area contributed by atoms with E-state index < -0.39 is 4.92 Å². The van der Waals surface area contributed by atoms with Gasteiger partial charge in [0, 0.05) is 6.07 Å². The smallest absolute Gasteiger partial charge is 0.301 e. The minimum Gasteiger partial charge on any atom is -0.308 e. The molecule has 0 aliphatic rings. The number of hydrogen-bond acceptors (Lipinski definition) is 9. The third-order valence-electron chi connectivity index (χ3n) is 1.88. The number of hydrogen-bond donors (Lipinski definition) is 2. The molecule has 0 aliphatic heterocycles. The summed E-state index contributed by atoms with van der Waals surface area (Å²) < 4.78 is 0.595. The summed E-state index contributed by atoms with van der Waals surface area (Å²) >= 11 is 2.43. The summed E-state index contributed by atoms with van der Waals surface area (Å²) in [6.07, 6.45) is 0. The molecule has 0 unspecified atom stereocenters. The van der Waals surface area contributed by atoms with E-state index in [1.54, 1.807) is 6.92 Å². The Hall–Kier alpha value is -1.78. The average Bonchev–Trinajstić information content (AvgIpc) is 2.74. The Morgan fingerprint density at radius 3 is 2.83 bits per heavy atom. The van der Waals surface area contributed by atoms with Crippen LogP contribution in [0.25, 0.3) is 0 Å². The van der Waals surface area contributed by atoms with Crippen molar-refractivity contribution in [2.75, 3.05) is 5.43 Å². The summed E-state index contributed by atoms with van der Waals surface area (Å²) in [5.74, 6) is 5.58. The molecule has 8 nitrogen and oxygen atoms in total. The molecule has 18 heavy (non-hydrogen) atoms. The first-order valence-electron chi connectivity index (χ1n) is 4.70. The van der Waals surface area contributed by atoms with Gasteiger partial charge < -0.3 is 5.43 Å². The number of aryl methyl sites for hydroxylation is 1. The molecule has 2 heterocycles. The monoisotopic (exact) mass is 284 g/mol. The molecule has 2 aromatic rings. The highest BCUT2D eigenvalue weighted by molar-refractivity contribution is 8.01. The lowest BCUT2D eigenvalue weighted by atomic mass is 10.4. The molecule has 94 valence electrons. The van der Waals surface area contributed by atoms with E-state index in [1.807, 2.05) is 0 Å². The Bertz CT molecular complexity index is 587. The van der Waals surface area contributed by atoms with Crippen LogP contribution in [-0.2, 0) is 0 Å². The van der Waals surface area contributed by atoms with Crippen LogP contribution in [0, 0.1) is 17.0 Å². The minimum atomic E-state index is -0.497. The lowest BCUT2D eigenvalue weighted by Crippen LogP contribution is -2.09. The maximum atomic E-state index is 10.9. The van der Waals surface area contributed by atoms with Gasteiger partial charge in [-0.05, 0) is 24.8 Å². The second kappa shape index (κ2) is 5.25. The van der Waals surface area contributed by atoms with Gasteiger partial charge in [-0.1, -0.05) is 11.3 Å². The van der Waals surface area contributed by atoms with E-state index in [1.165, 1.54) is 23.5 Å². The number of anilines is 1. The first kappa shape index (κ1) is 12.7. The van der Waals surface area contributed by atoms with E-state index >= 15 is 0 Å². The molecule has 0 aromatic carbocycles. The highest BCUT2D eigenvalue weighted by Crippen LogP contribution is 2.35. The normalized spacial score (nSPS) is 10.3. The fraction of sp³-hybridized carbons (Fsp3) is 0.125. The van der Waals surface area contributed by atoms with Gasteiger partial charge in [-0.2, -0.15) is 0 Å². The Balaban J connectivity index is 2.37. The number of rotatable bonds is 4. The zero-order valence-corrected chi connectivity index (χ0v) is 10.8. The molecule has 0 saturated heterocycles. The standard InChI is InChI=1S/C8H8N6O2S2/c1-4-12-13-8(17-4)18-7-5(14(15)16)2-3-6(10-7)11-9/h2-3H,9H2,1H3,(H,10,11). The van der Waals surface area contributed by atoms with Crippen LogP contribution in [0.5, 0.6) is 0 Å². The van der Waals surface area contributed by atoms with Gasteiger partial charge in [0.2, 0.25) is 0 Å². The van der Waals surface area contributed by atoms with Gasteiger partial charge in [0.25, 0.3) is 0 Å². The molecule has 2 rings (SSSR count). The fourth-order valence-corrected chi connectivity index (χ4v) is 2.95. The summed E-state index contributed by atoms with van der Waals surface area (Å²) in [7, 11) is 0. The number of aromatic nitrogens is 3. The number of pyridine rings is 1. The molecular weight excluding hydrogens is 276 g/mol. The van der Waals surface area contributed by atoms with E-state index in [-0.39, 0.29) is 10.7 Å². The van der Waals surface area contributed by atoms with Crippen molar-refractivity contribution < 1.29 is 4.92 Å². The number of nitrogens with two attached hydrogens (primary N) is 1. The van der Waals surface area contributed by atoms with Crippen LogP contribution in [0.3, 0.4) is 0 Å². The van der Waals surface area contributed by atoms with Crippen LogP contribution in [-0.4, -0.2) is 20.1 Å². The van der Waals surface area contributed by atoms with E-state index in [4.69, 9.17) is 5.84 Å². The number of hydrazine groups is 1. The number of nitrogens with zero attached hydrogens (tertiary/aromatic N) is 4. The molecule has 0 spiro atoms. The molecule has 0 saturated carbocycles. The SMILES string of the molecule is Cc1nnc(Sc2nc(NN)ccc2[N+](=O)[O-])s1. The molecular formula is C8H8N6O2S2. The highest BCUT2D eigenvalue weighted by atomic mass is 32.2. The Morgan fingerprint density at radius 2 is 2.28 bits per heavy atom. The van der Waals surface area contributed by atoms with Crippen molar-refractivity contribution in [2.45, 2.75) is 16.3 Å². The number of nitrogen functional groups attached to an aromatic ring is 1. The molecule has 10 heteroatoms. The van der Waals surface area contributed by atoms with Crippen molar-refractivity contribution in [3.05, 3.63) is 27.3 Å². The van der Waals surface area contributed by atoms with Gasteiger partial charge in [0.1, 0.15) is 10.8 Å². The van der Waals surface area contributed by atoms with Crippen molar-refractivity contribution in [3.63, 3.8) is 0 Å². The van der Waals surface area contributed by atoms with Crippen LogP contribution >= 0.6 is 23.1 Å². The van der Waals surface area contributed by atoms with Gasteiger partial charge in [0.15, 0.2) is 9.37 Å². The first-order valence-corrected chi connectivity index (χ1v) is 6.33. The zero-order valence-electron chi connectivity index (χ0n) is 9.15. The Labute approximate surface area is 110 Å². The highest BCUT2D eigenvalue weighted by Gasteiger charge is 2.18. The topological polar surface area (TPSA) is 120 Å². The lowest BCUT2D eigenvalue weighted by molar-refractivity contribution is -0.388. The van der Waals surface area contributed by atoms with Gasteiger partial charge in [-0.25, -0.2) is 10.8 Å². The van der Waals surface area contributed by atoms with E-state index in [0.29, 0.717) is 10.2 Å². The van der Waals surface area contributed by atoms with Gasteiger partial charge in [-0.3, -0.25) is 10.1 Å². The van der Waals surface area contributed by atoms with Crippen LogP contribution in [0.15, 0.2) is 21.5 Å². The Morgan fingerprint density at radius 1 is 1.50 bits per heavy atom. The third-order valence-corrected chi connectivity index (χ3v) is 3.76. The van der Waals surface area contributed by atoms with Gasteiger partial charge in [-0.15, -0.1) is 10.2 Å². The summed E-state index contributed by atoms with van der Waals surface area (Å²) in [6, 6.07) is 2.78. The number of nitro groups is 1. The van der Waals surface area contributed by atoms with Crippen molar-refractivity contribution in [3.8, 4) is 0 Å².